The van der Waals surface area contributed by atoms with Gasteiger partial charge in [-0.25, -0.2) is 4.98 Å². The van der Waals surface area contributed by atoms with Crippen molar-refractivity contribution < 1.29 is 9.32 Å². The Morgan fingerprint density at radius 3 is 2.85 bits per heavy atom. The molecule has 2 aromatic rings. The van der Waals surface area contributed by atoms with E-state index in [2.05, 4.69) is 15.5 Å². The average molecular weight is 387 g/mol. The summed E-state index contributed by atoms with van der Waals surface area (Å²) in [6.45, 7) is 4.63. The molecule has 7 heteroatoms. The van der Waals surface area contributed by atoms with Gasteiger partial charge < -0.3 is 14.7 Å². The van der Waals surface area contributed by atoms with Gasteiger partial charge in [0.25, 0.3) is 5.91 Å². The number of pyridine rings is 1. The van der Waals surface area contributed by atoms with Crippen LogP contribution < -0.4 is 5.32 Å². The topological polar surface area (TPSA) is 71.3 Å². The molecule has 6 nitrogen and oxygen atoms in total. The molecule has 1 N–H and O–H groups in total. The summed E-state index contributed by atoms with van der Waals surface area (Å²) in [5.74, 6) is 2.42. The van der Waals surface area contributed by atoms with Gasteiger partial charge in [-0.05, 0) is 57.2 Å². The highest BCUT2D eigenvalue weighted by Gasteiger charge is 2.27. The van der Waals surface area contributed by atoms with Crippen LogP contribution in [0, 0.1) is 12.8 Å². The third-order valence-corrected chi connectivity index (χ3v) is 6.25. The molecular weight excluding hydrogens is 360 g/mol. The first kappa shape index (κ1) is 18.5. The van der Waals surface area contributed by atoms with Crippen LogP contribution in [-0.4, -0.2) is 46.6 Å². The highest BCUT2D eigenvalue weighted by Crippen LogP contribution is 2.29. The molecule has 2 fully saturated rings. The van der Waals surface area contributed by atoms with E-state index in [1.807, 2.05) is 30.0 Å². The van der Waals surface area contributed by atoms with E-state index in [0.29, 0.717) is 17.4 Å². The third kappa shape index (κ3) is 4.90. The fourth-order valence-corrected chi connectivity index (χ4v) is 4.28. The maximum Gasteiger partial charge on any atom is 0.256 e. The van der Waals surface area contributed by atoms with Gasteiger partial charge in [-0.15, -0.1) is 0 Å². The molecule has 1 saturated heterocycles. The van der Waals surface area contributed by atoms with Gasteiger partial charge in [-0.2, -0.15) is 0 Å². The molecule has 0 bridgehead atoms. The van der Waals surface area contributed by atoms with Crippen LogP contribution >= 0.6 is 11.8 Å². The quantitative estimate of drug-likeness (QED) is 0.737. The van der Waals surface area contributed by atoms with Crippen molar-refractivity contribution in [1.82, 2.24) is 20.4 Å². The van der Waals surface area contributed by atoms with Crippen molar-refractivity contribution in [3.05, 3.63) is 41.4 Å². The summed E-state index contributed by atoms with van der Waals surface area (Å²) in [5, 5.41) is 8.44. The van der Waals surface area contributed by atoms with Crippen LogP contribution in [0.2, 0.25) is 0 Å². The minimum absolute atomic E-state index is 0.0857. The monoisotopic (exact) mass is 386 g/mol. The fraction of sp³-hybridized carbons (Fsp3) is 0.550. The zero-order chi connectivity index (χ0) is 18.6. The first-order valence-corrected chi connectivity index (χ1v) is 10.7. The first-order valence-electron chi connectivity index (χ1n) is 9.71. The summed E-state index contributed by atoms with van der Waals surface area (Å²) in [7, 11) is 0. The van der Waals surface area contributed by atoms with E-state index in [4.69, 9.17) is 4.52 Å². The van der Waals surface area contributed by atoms with E-state index in [-0.39, 0.29) is 5.91 Å². The van der Waals surface area contributed by atoms with Crippen molar-refractivity contribution in [2.75, 3.05) is 19.6 Å². The van der Waals surface area contributed by atoms with Crippen molar-refractivity contribution in [3.8, 4) is 0 Å². The molecule has 4 rings (SSSR count). The largest absolute Gasteiger partial charge is 0.361 e. The number of amides is 1. The second kappa shape index (κ2) is 8.44. The number of thioether (sulfide) groups is 1. The number of carbonyl (C=O) groups excluding carboxylic acids is 1. The summed E-state index contributed by atoms with van der Waals surface area (Å²) in [6, 6.07) is 6.18. The van der Waals surface area contributed by atoms with E-state index in [9.17, 15) is 4.79 Å². The molecule has 0 unspecified atom stereocenters. The lowest BCUT2D eigenvalue weighted by Gasteiger charge is -2.32. The standard InChI is InChI=1S/C20H26N4O2S/c1-14-11-17(23-26-14)13-27-19-18(3-2-8-21-19)20(25)24-9-6-16(7-10-24)22-12-15-4-5-15/h2-3,8,11,15-16,22H,4-7,9-10,12-13H2,1H3. The number of aryl methyl sites for hydroxylation is 1. The number of carbonyl (C=O) groups is 1. The average Bonchev–Trinajstić information content (AvgIpc) is 3.44. The number of nitrogens with one attached hydrogen (secondary N) is 1. The summed E-state index contributed by atoms with van der Waals surface area (Å²) in [4.78, 5) is 19.4. The van der Waals surface area contributed by atoms with Crippen molar-refractivity contribution in [3.63, 3.8) is 0 Å². The van der Waals surface area contributed by atoms with Crippen LogP contribution in [-0.2, 0) is 5.75 Å². The van der Waals surface area contributed by atoms with Crippen molar-refractivity contribution in [2.45, 2.75) is 49.4 Å². The van der Waals surface area contributed by atoms with Gasteiger partial charge in [-0.1, -0.05) is 16.9 Å². The molecule has 0 aromatic carbocycles. The molecule has 1 amide bonds. The Morgan fingerprint density at radius 1 is 1.33 bits per heavy atom. The maximum atomic E-state index is 13.0. The lowest BCUT2D eigenvalue weighted by molar-refractivity contribution is 0.0700. The van der Waals surface area contributed by atoms with Crippen LogP contribution in [0.25, 0.3) is 0 Å². The van der Waals surface area contributed by atoms with E-state index >= 15 is 0 Å². The highest BCUT2D eigenvalue weighted by atomic mass is 32.2. The van der Waals surface area contributed by atoms with Crippen molar-refractivity contribution >= 4 is 17.7 Å². The zero-order valence-electron chi connectivity index (χ0n) is 15.7. The molecular formula is C20H26N4O2S. The van der Waals surface area contributed by atoms with Gasteiger partial charge in [0.05, 0.1) is 11.3 Å². The van der Waals surface area contributed by atoms with Crippen molar-refractivity contribution in [1.29, 1.82) is 0 Å². The van der Waals surface area contributed by atoms with E-state index in [1.54, 1.807) is 6.20 Å². The predicted molar refractivity (Wildman–Crippen MR) is 105 cm³/mol. The Labute approximate surface area is 164 Å². The minimum Gasteiger partial charge on any atom is -0.361 e. The molecule has 3 heterocycles. The van der Waals surface area contributed by atoms with E-state index in [1.165, 1.54) is 24.6 Å². The Morgan fingerprint density at radius 2 is 2.15 bits per heavy atom. The number of rotatable bonds is 7. The van der Waals surface area contributed by atoms with Crippen LogP contribution in [0.1, 0.15) is 47.5 Å². The minimum atomic E-state index is 0.0857. The molecule has 1 aliphatic carbocycles. The van der Waals surface area contributed by atoms with Crippen LogP contribution in [0.3, 0.4) is 0 Å². The number of hydrogen-bond acceptors (Lipinski definition) is 6. The second-order valence-corrected chi connectivity index (χ2v) is 8.46. The van der Waals surface area contributed by atoms with Crippen LogP contribution in [0.4, 0.5) is 0 Å². The highest BCUT2D eigenvalue weighted by molar-refractivity contribution is 7.98. The summed E-state index contributed by atoms with van der Waals surface area (Å²) < 4.78 is 5.11. The normalized spacial score (nSPS) is 18.0. The van der Waals surface area contributed by atoms with Crippen LogP contribution in [0.15, 0.2) is 33.9 Å². The Hall–Kier alpha value is -1.86. The van der Waals surface area contributed by atoms with Gasteiger partial charge in [0.15, 0.2) is 0 Å². The van der Waals surface area contributed by atoms with E-state index < -0.39 is 0 Å². The second-order valence-electron chi connectivity index (χ2n) is 7.49. The number of nitrogens with zero attached hydrogens (tertiary/aromatic N) is 3. The smallest absolute Gasteiger partial charge is 0.256 e. The van der Waals surface area contributed by atoms with Gasteiger partial charge >= 0.3 is 0 Å². The Kier molecular flexibility index (Phi) is 5.78. The molecule has 0 radical (unpaired) electrons. The third-order valence-electron chi connectivity index (χ3n) is 5.21. The summed E-state index contributed by atoms with van der Waals surface area (Å²) in [5.41, 5.74) is 1.55. The Balaban J connectivity index is 1.34. The zero-order valence-corrected chi connectivity index (χ0v) is 16.5. The molecule has 0 atom stereocenters. The SMILES string of the molecule is Cc1cc(CSc2ncccc2C(=O)N2CCC(NCC3CC3)CC2)no1. The van der Waals surface area contributed by atoms with Gasteiger partial charge in [0, 0.05) is 37.1 Å². The number of piperidine rings is 1. The van der Waals surface area contributed by atoms with Gasteiger partial charge in [0.1, 0.15) is 10.8 Å². The van der Waals surface area contributed by atoms with Gasteiger partial charge in [-0.3, -0.25) is 4.79 Å². The summed E-state index contributed by atoms with van der Waals surface area (Å²) in [6.07, 6.45) is 6.54. The Bertz CT molecular complexity index is 782. The number of hydrogen-bond donors (Lipinski definition) is 1. The van der Waals surface area contributed by atoms with Crippen LogP contribution in [0.5, 0.6) is 0 Å². The molecule has 2 aromatic heterocycles. The lowest BCUT2D eigenvalue weighted by atomic mass is 10.0. The number of likely N-dealkylation sites (tertiary alicyclic amines) is 1. The molecule has 144 valence electrons. The van der Waals surface area contributed by atoms with E-state index in [0.717, 1.165) is 54.9 Å². The van der Waals surface area contributed by atoms with Crippen molar-refractivity contribution in [2.24, 2.45) is 5.92 Å². The predicted octanol–water partition coefficient (Wildman–Crippen LogP) is 3.27. The molecule has 1 saturated carbocycles. The molecule has 0 spiro atoms. The lowest BCUT2D eigenvalue weighted by Crippen LogP contribution is -2.45. The molecule has 1 aliphatic heterocycles. The number of aromatic nitrogens is 2. The molecule has 27 heavy (non-hydrogen) atoms. The van der Waals surface area contributed by atoms with Gasteiger partial charge in [0.2, 0.25) is 0 Å². The molecule has 2 aliphatic rings. The summed E-state index contributed by atoms with van der Waals surface area (Å²) >= 11 is 1.53. The maximum absolute atomic E-state index is 13.0. The first-order chi connectivity index (χ1) is 13.2. The fourth-order valence-electron chi connectivity index (χ4n) is 3.41.